The molecule has 2 aromatic carbocycles. The molecule has 2 fully saturated rings. The molecule has 0 radical (unpaired) electrons. The van der Waals surface area contributed by atoms with E-state index in [4.69, 9.17) is 4.74 Å². The number of carbonyl (C=O) groups is 1. The maximum Gasteiger partial charge on any atom is 0.195 e. The molecule has 1 unspecified atom stereocenters. The highest BCUT2D eigenvalue weighted by molar-refractivity contribution is 6.20. The number of ether oxygens (including phenoxy) is 1. The molecule has 2 saturated heterocycles. The summed E-state index contributed by atoms with van der Waals surface area (Å²) in [5, 5.41) is 1.07. The fourth-order valence-corrected chi connectivity index (χ4v) is 6.18. The summed E-state index contributed by atoms with van der Waals surface area (Å²) in [6.07, 6.45) is 2.39. The van der Waals surface area contributed by atoms with Crippen molar-refractivity contribution in [1.29, 1.82) is 0 Å². The molecule has 32 heavy (non-hydrogen) atoms. The van der Waals surface area contributed by atoms with Crippen molar-refractivity contribution < 1.29 is 9.53 Å². The van der Waals surface area contributed by atoms with Crippen molar-refractivity contribution in [3.63, 3.8) is 0 Å². The summed E-state index contributed by atoms with van der Waals surface area (Å²) in [7, 11) is 2.09. The molecule has 0 spiro atoms. The van der Waals surface area contributed by atoms with E-state index in [1.165, 1.54) is 24.1 Å². The summed E-state index contributed by atoms with van der Waals surface area (Å²) >= 11 is 0. The first kappa shape index (κ1) is 20.0. The molecule has 1 aromatic heterocycles. The van der Waals surface area contributed by atoms with Crippen molar-refractivity contribution in [2.45, 2.75) is 31.7 Å². The lowest BCUT2D eigenvalue weighted by Gasteiger charge is -2.41. The highest BCUT2D eigenvalue weighted by Gasteiger charge is 2.34. The molecule has 1 aliphatic carbocycles. The normalized spacial score (nSPS) is 22.2. The number of ketones is 1. The van der Waals surface area contributed by atoms with E-state index in [0.29, 0.717) is 6.04 Å². The molecule has 1 atom stereocenters. The van der Waals surface area contributed by atoms with Crippen molar-refractivity contribution in [2.24, 2.45) is 7.05 Å². The number of morpholine rings is 1. The first-order valence-corrected chi connectivity index (χ1v) is 12.0. The largest absolute Gasteiger partial charge is 0.379 e. The van der Waals surface area contributed by atoms with Crippen molar-refractivity contribution in [3.05, 3.63) is 64.8 Å². The number of carbonyl (C=O) groups excluding carboxylic acids is 1. The van der Waals surface area contributed by atoms with E-state index in [9.17, 15) is 4.79 Å². The zero-order valence-electron chi connectivity index (χ0n) is 19.0. The predicted octanol–water partition coefficient (Wildman–Crippen LogP) is 4.18. The fraction of sp³-hybridized carbons (Fsp3) is 0.444. The monoisotopic (exact) mass is 429 g/mol. The topological polar surface area (TPSA) is 37.7 Å². The highest BCUT2D eigenvalue weighted by Crippen LogP contribution is 2.42. The molecule has 166 valence electrons. The molecule has 6 rings (SSSR count). The van der Waals surface area contributed by atoms with Crippen molar-refractivity contribution in [1.82, 2.24) is 9.47 Å². The second-order valence-electron chi connectivity index (χ2n) is 9.53. The van der Waals surface area contributed by atoms with Gasteiger partial charge < -0.3 is 14.2 Å². The van der Waals surface area contributed by atoms with E-state index in [-0.39, 0.29) is 11.7 Å². The van der Waals surface area contributed by atoms with Crippen LogP contribution in [0.15, 0.2) is 42.5 Å². The lowest BCUT2D eigenvalue weighted by atomic mass is 9.81. The first-order chi connectivity index (χ1) is 15.6. The van der Waals surface area contributed by atoms with Gasteiger partial charge in [-0.15, -0.1) is 0 Å². The molecule has 0 bridgehead atoms. The molecule has 2 aliphatic heterocycles. The van der Waals surface area contributed by atoms with Crippen molar-refractivity contribution in [3.8, 4) is 0 Å². The van der Waals surface area contributed by atoms with Gasteiger partial charge in [0.2, 0.25) is 0 Å². The Morgan fingerprint density at radius 2 is 1.72 bits per heavy atom. The molecule has 3 aliphatic rings. The lowest BCUT2D eigenvalue weighted by Crippen LogP contribution is -2.49. The van der Waals surface area contributed by atoms with Crippen molar-refractivity contribution in [2.75, 3.05) is 44.3 Å². The second-order valence-corrected chi connectivity index (χ2v) is 9.53. The Kier molecular flexibility index (Phi) is 4.85. The highest BCUT2D eigenvalue weighted by atomic mass is 16.5. The number of aromatic nitrogens is 1. The number of aryl methyl sites for hydroxylation is 1. The molecule has 0 saturated carbocycles. The summed E-state index contributed by atoms with van der Waals surface area (Å²) in [5.74, 6) is 0.364. The Hall–Kier alpha value is -2.63. The van der Waals surface area contributed by atoms with Gasteiger partial charge in [-0.2, -0.15) is 0 Å². The van der Waals surface area contributed by atoms with Crippen LogP contribution in [0.3, 0.4) is 0 Å². The minimum atomic E-state index is 0.169. The van der Waals surface area contributed by atoms with Crippen molar-refractivity contribution >= 4 is 22.4 Å². The van der Waals surface area contributed by atoms with Gasteiger partial charge in [0.25, 0.3) is 0 Å². The van der Waals surface area contributed by atoms with E-state index in [1.807, 2.05) is 6.07 Å². The van der Waals surface area contributed by atoms with Crippen LogP contribution in [-0.4, -0.2) is 60.7 Å². The number of fused-ring (bicyclic) bond motifs is 4. The van der Waals surface area contributed by atoms with Crippen LogP contribution in [0.4, 0.5) is 5.69 Å². The van der Waals surface area contributed by atoms with Crippen LogP contribution in [0.5, 0.6) is 0 Å². The van der Waals surface area contributed by atoms with Gasteiger partial charge in [0.1, 0.15) is 0 Å². The number of nitrogens with zero attached hydrogens (tertiary/aromatic N) is 3. The van der Waals surface area contributed by atoms with E-state index >= 15 is 0 Å². The molecule has 0 N–H and O–H groups in total. The third-order valence-corrected chi connectivity index (χ3v) is 7.93. The summed E-state index contributed by atoms with van der Waals surface area (Å²) in [4.78, 5) is 18.7. The molecule has 3 heterocycles. The van der Waals surface area contributed by atoms with Crippen LogP contribution in [0.2, 0.25) is 0 Å². The zero-order chi connectivity index (χ0) is 21.8. The van der Waals surface area contributed by atoms with Gasteiger partial charge in [-0.3, -0.25) is 9.69 Å². The van der Waals surface area contributed by atoms with Crippen LogP contribution in [0.1, 0.15) is 52.9 Å². The van der Waals surface area contributed by atoms with E-state index < -0.39 is 0 Å². The number of rotatable bonds is 2. The standard InChI is InChI=1S/C27H31N3O2/c1-18-23-17-20(29-11-9-19(10-12-29)30-13-15-32-16-14-30)7-8-21(23)27(31)25-22-5-3-4-6-24(22)28(2)26(18)25/h3-8,17-19H,9-16H2,1-2H3. The average Bonchev–Trinajstić information content (AvgIpc) is 3.16. The summed E-state index contributed by atoms with van der Waals surface area (Å²) < 4.78 is 7.74. The fourth-order valence-electron chi connectivity index (χ4n) is 6.18. The van der Waals surface area contributed by atoms with Crippen LogP contribution < -0.4 is 4.90 Å². The van der Waals surface area contributed by atoms with Gasteiger partial charge in [-0.05, 0) is 42.7 Å². The maximum absolute atomic E-state index is 13.5. The van der Waals surface area contributed by atoms with Gasteiger partial charge in [0.05, 0.1) is 18.8 Å². The van der Waals surface area contributed by atoms with Crippen LogP contribution in [-0.2, 0) is 11.8 Å². The molecular formula is C27H31N3O2. The van der Waals surface area contributed by atoms with Gasteiger partial charge in [0.15, 0.2) is 5.78 Å². The van der Waals surface area contributed by atoms with Crippen LogP contribution in [0.25, 0.3) is 10.9 Å². The Bertz CT molecular complexity index is 1180. The SMILES string of the molecule is CC1c2cc(N3CCC(N4CCOCC4)CC3)ccc2C(=O)c2c1n(C)c1ccccc21. The average molecular weight is 430 g/mol. The van der Waals surface area contributed by atoms with Gasteiger partial charge in [0, 0.05) is 73.0 Å². The Morgan fingerprint density at radius 3 is 2.50 bits per heavy atom. The van der Waals surface area contributed by atoms with Crippen LogP contribution >= 0.6 is 0 Å². The minimum Gasteiger partial charge on any atom is -0.379 e. The maximum atomic E-state index is 13.5. The Labute approximate surface area is 189 Å². The van der Waals surface area contributed by atoms with E-state index in [2.05, 4.69) is 64.7 Å². The minimum absolute atomic E-state index is 0.169. The second kappa shape index (κ2) is 7.75. The molecule has 5 heteroatoms. The predicted molar refractivity (Wildman–Crippen MR) is 128 cm³/mol. The summed E-state index contributed by atoms with van der Waals surface area (Å²) in [6, 6.07) is 15.5. The van der Waals surface area contributed by atoms with Gasteiger partial charge >= 0.3 is 0 Å². The van der Waals surface area contributed by atoms with E-state index in [1.54, 1.807) is 0 Å². The molecule has 3 aromatic rings. The number of para-hydroxylation sites is 1. The number of benzene rings is 2. The first-order valence-electron chi connectivity index (χ1n) is 12.0. The summed E-state index contributed by atoms with van der Waals surface area (Å²) in [6.45, 7) is 8.26. The Morgan fingerprint density at radius 1 is 0.969 bits per heavy atom. The molecular weight excluding hydrogens is 398 g/mol. The zero-order valence-corrected chi connectivity index (χ0v) is 19.0. The van der Waals surface area contributed by atoms with Gasteiger partial charge in [-0.1, -0.05) is 25.1 Å². The third kappa shape index (κ3) is 3.02. The molecule has 0 amide bonds. The summed E-state index contributed by atoms with van der Waals surface area (Å²) in [5.41, 5.74) is 6.46. The van der Waals surface area contributed by atoms with Crippen LogP contribution in [0, 0.1) is 0 Å². The number of hydrogen-bond acceptors (Lipinski definition) is 4. The number of hydrogen-bond donors (Lipinski definition) is 0. The third-order valence-electron chi connectivity index (χ3n) is 7.93. The van der Waals surface area contributed by atoms with Gasteiger partial charge in [-0.25, -0.2) is 0 Å². The quantitative estimate of drug-likeness (QED) is 0.613. The lowest BCUT2D eigenvalue weighted by molar-refractivity contribution is 0.0115. The smallest absolute Gasteiger partial charge is 0.195 e. The number of anilines is 1. The number of piperidine rings is 1. The molecule has 5 nitrogen and oxygen atoms in total. The Balaban J connectivity index is 1.29. The van der Waals surface area contributed by atoms with E-state index in [0.717, 1.165) is 67.1 Å².